The highest BCUT2D eigenvalue weighted by atomic mass is 35.5. The zero-order valence-corrected chi connectivity index (χ0v) is 26.9. The Bertz CT molecular complexity index is 1720. The predicted octanol–water partition coefficient (Wildman–Crippen LogP) is 12.1. The molecule has 4 aromatic rings. The van der Waals surface area contributed by atoms with Gasteiger partial charge in [-0.1, -0.05) is 92.8 Å². The minimum atomic E-state index is 0.195. The van der Waals surface area contributed by atoms with Crippen LogP contribution >= 0.6 is 92.8 Å². The number of fused-ring (bicyclic) bond motifs is 2. The van der Waals surface area contributed by atoms with E-state index in [1.54, 1.807) is 0 Å². The van der Waals surface area contributed by atoms with Crippen LogP contribution < -0.4 is 10.6 Å². The summed E-state index contributed by atoms with van der Waals surface area (Å²) in [5.41, 5.74) is 5.61. The molecule has 2 N–H and O–H groups in total. The molecular weight excluding hydrogens is 704 g/mol. The lowest BCUT2D eigenvalue weighted by molar-refractivity contribution is 1.11. The number of nitrogens with zero attached hydrogens (tertiary/aromatic N) is 4. The van der Waals surface area contributed by atoms with Crippen LogP contribution in [0.25, 0.3) is 0 Å². The summed E-state index contributed by atoms with van der Waals surface area (Å²) in [6.07, 6.45) is 0. The van der Waals surface area contributed by atoms with Gasteiger partial charge in [-0.2, -0.15) is 10.2 Å². The van der Waals surface area contributed by atoms with E-state index in [4.69, 9.17) is 92.8 Å². The standard InChI is InChI=1S/C28H14Cl8N6/c29-19-15-9-37-27(17(15)21(31)25(35)23(19)33)39-11-1-5-13(6-2-11)41-42-14-7-3-12(4-8-14)40-28-18-16(10-38-28)20(30)24(34)26(36)22(18)32/h1-8H,9-10H2,(H,37,39)(H,38,40). The molecule has 0 atom stereocenters. The molecule has 0 bridgehead atoms. The van der Waals surface area contributed by atoms with Crippen molar-refractivity contribution in [2.24, 2.45) is 20.2 Å². The number of aliphatic imine (C=N–C) groups is 2. The van der Waals surface area contributed by atoms with Crippen molar-refractivity contribution in [3.05, 3.63) is 111 Å². The molecule has 212 valence electrons. The molecule has 4 aromatic carbocycles. The molecule has 0 fully saturated rings. The Balaban J connectivity index is 1.11. The number of azo groups is 1. The smallest absolute Gasteiger partial charge is 0.135 e. The second kappa shape index (κ2) is 12.0. The average Bonchev–Trinajstić information content (AvgIpc) is 3.62. The third-order valence-corrected chi connectivity index (χ3v) is 10.2. The van der Waals surface area contributed by atoms with Gasteiger partial charge in [0, 0.05) is 33.6 Å². The monoisotopic (exact) mass is 714 g/mol. The second-order valence-corrected chi connectivity index (χ2v) is 12.1. The lowest BCUT2D eigenvalue weighted by atomic mass is 10.1. The number of nitrogens with one attached hydrogen (secondary N) is 2. The molecule has 0 unspecified atom stereocenters. The van der Waals surface area contributed by atoms with E-state index in [2.05, 4.69) is 30.8 Å². The molecule has 2 heterocycles. The summed E-state index contributed by atoms with van der Waals surface area (Å²) in [6, 6.07) is 14.7. The van der Waals surface area contributed by atoms with Gasteiger partial charge in [-0.05, 0) is 48.5 Å². The van der Waals surface area contributed by atoms with E-state index in [-0.39, 0.29) is 20.1 Å². The third-order valence-electron chi connectivity index (χ3n) is 6.53. The van der Waals surface area contributed by atoms with Gasteiger partial charge in [-0.15, -0.1) is 0 Å². The quantitative estimate of drug-likeness (QED) is 0.125. The first kappa shape index (κ1) is 29.8. The van der Waals surface area contributed by atoms with Crippen molar-refractivity contribution in [3.63, 3.8) is 0 Å². The van der Waals surface area contributed by atoms with E-state index < -0.39 is 0 Å². The van der Waals surface area contributed by atoms with Crippen molar-refractivity contribution < 1.29 is 0 Å². The normalized spacial score (nSPS) is 13.7. The third kappa shape index (κ3) is 5.44. The molecule has 0 aliphatic carbocycles. The fourth-order valence-electron chi connectivity index (χ4n) is 4.44. The maximum absolute atomic E-state index is 6.44. The van der Waals surface area contributed by atoms with E-state index in [9.17, 15) is 0 Å². The van der Waals surface area contributed by atoms with Crippen molar-refractivity contribution in [3.8, 4) is 0 Å². The molecule has 0 saturated heterocycles. The Labute approximate surface area is 280 Å². The maximum atomic E-state index is 6.44. The van der Waals surface area contributed by atoms with Gasteiger partial charge in [-0.3, -0.25) is 9.98 Å². The fourth-order valence-corrected chi connectivity index (χ4v) is 6.52. The van der Waals surface area contributed by atoms with Gasteiger partial charge in [0.25, 0.3) is 0 Å². The van der Waals surface area contributed by atoms with Crippen molar-refractivity contribution in [1.82, 2.24) is 0 Å². The van der Waals surface area contributed by atoms with Crippen molar-refractivity contribution in [1.29, 1.82) is 0 Å². The van der Waals surface area contributed by atoms with Crippen LogP contribution in [0.15, 0.2) is 68.7 Å². The van der Waals surface area contributed by atoms with Crippen molar-refractivity contribution in [2.45, 2.75) is 13.1 Å². The summed E-state index contributed by atoms with van der Waals surface area (Å²) in [4.78, 5) is 9.02. The van der Waals surface area contributed by atoms with Crippen LogP contribution in [0.2, 0.25) is 40.2 Å². The first-order valence-corrected chi connectivity index (χ1v) is 15.1. The van der Waals surface area contributed by atoms with E-state index in [0.29, 0.717) is 67.4 Å². The number of hydrogen-bond acceptors (Lipinski definition) is 6. The molecule has 0 radical (unpaired) electrons. The Morgan fingerprint density at radius 2 is 0.786 bits per heavy atom. The lowest BCUT2D eigenvalue weighted by Crippen LogP contribution is -2.12. The predicted molar refractivity (Wildman–Crippen MR) is 178 cm³/mol. The number of halogens is 8. The SMILES string of the molecule is Clc1c(Cl)c(Cl)c2c(c1Cl)CN=C2Nc1ccc(N=Nc2ccc(NC3=NCc4c(Cl)c(Cl)c(Cl)c(Cl)c43)cc2)cc1. The summed E-state index contributed by atoms with van der Waals surface area (Å²) in [5.74, 6) is 1.12. The van der Waals surface area contributed by atoms with Gasteiger partial charge < -0.3 is 10.6 Å². The number of hydrogen-bond donors (Lipinski definition) is 2. The maximum Gasteiger partial charge on any atom is 0.135 e. The Morgan fingerprint density at radius 1 is 0.452 bits per heavy atom. The van der Waals surface area contributed by atoms with E-state index in [1.807, 2.05) is 48.5 Å². The van der Waals surface area contributed by atoms with Gasteiger partial charge in [-0.25, -0.2) is 0 Å². The Hall–Kier alpha value is -2.26. The molecular formula is C28H14Cl8N6. The lowest BCUT2D eigenvalue weighted by Gasteiger charge is -2.13. The molecule has 2 aliphatic heterocycles. The molecule has 0 spiro atoms. The zero-order valence-electron chi connectivity index (χ0n) is 20.8. The first-order valence-electron chi connectivity index (χ1n) is 12.1. The van der Waals surface area contributed by atoms with Crippen molar-refractivity contribution in [2.75, 3.05) is 10.6 Å². The summed E-state index contributed by atoms with van der Waals surface area (Å²) in [5, 5.41) is 17.3. The van der Waals surface area contributed by atoms with E-state index >= 15 is 0 Å². The highest BCUT2D eigenvalue weighted by Gasteiger charge is 2.28. The minimum absolute atomic E-state index is 0.195. The largest absolute Gasteiger partial charge is 0.340 e. The van der Waals surface area contributed by atoms with Crippen LogP contribution in [0.5, 0.6) is 0 Å². The topological polar surface area (TPSA) is 73.5 Å². The molecule has 42 heavy (non-hydrogen) atoms. The minimum Gasteiger partial charge on any atom is -0.340 e. The molecule has 0 saturated carbocycles. The van der Waals surface area contributed by atoms with Crippen LogP contribution in [-0.2, 0) is 13.1 Å². The van der Waals surface area contributed by atoms with Gasteiger partial charge in [0.1, 0.15) is 11.7 Å². The van der Waals surface area contributed by atoms with Crippen molar-refractivity contribution >= 4 is 127 Å². The van der Waals surface area contributed by atoms with Crippen LogP contribution in [0.1, 0.15) is 22.3 Å². The van der Waals surface area contributed by atoms with Crippen LogP contribution in [0.3, 0.4) is 0 Å². The number of rotatable bonds is 4. The summed E-state index contributed by atoms with van der Waals surface area (Å²) in [6.45, 7) is 0.695. The van der Waals surface area contributed by atoms with Gasteiger partial charge in [0.2, 0.25) is 0 Å². The molecule has 14 heteroatoms. The van der Waals surface area contributed by atoms with Gasteiger partial charge >= 0.3 is 0 Å². The highest BCUT2D eigenvalue weighted by Crippen LogP contribution is 2.45. The van der Waals surface area contributed by atoms with Crippen LogP contribution in [0.4, 0.5) is 22.7 Å². The van der Waals surface area contributed by atoms with Gasteiger partial charge in [0.15, 0.2) is 0 Å². The Morgan fingerprint density at radius 3 is 1.14 bits per heavy atom. The fraction of sp³-hybridized carbons (Fsp3) is 0.0714. The van der Waals surface area contributed by atoms with Crippen LogP contribution in [0, 0.1) is 0 Å². The first-order chi connectivity index (χ1) is 20.1. The molecule has 6 nitrogen and oxygen atoms in total. The molecule has 0 amide bonds. The average molecular weight is 718 g/mol. The number of benzene rings is 4. The summed E-state index contributed by atoms with van der Waals surface area (Å²) in [7, 11) is 0. The molecule has 0 aromatic heterocycles. The summed E-state index contributed by atoms with van der Waals surface area (Å²) < 4.78 is 0. The zero-order chi connectivity index (χ0) is 29.7. The Kier molecular flexibility index (Phi) is 8.53. The number of anilines is 2. The molecule has 2 aliphatic rings. The number of amidine groups is 2. The highest BCUT2D eigenvalue weighted by molar-refractivity contribution is 6.54. The van der Waals surface area contributed by atoms with E-state index in [0.717, 1.165) is 22.5 Å². The summed E-state index contributed by atoms with van der Waals surface area (Å²) >= 11 is 50.4. The molecule has 6 rings (SSSR count). The van der Waals surface area contributed by atoms with Gasteiger partial charge in [0.05, 0.1) is 64.6 Å². The van der Waals surface area contributed by atoms with Crippen LogP contribution in [-0.4, -0.2) is 11.7 Å². The van der Waals surface area contributed by atoms with E-state index in [1.165, 1.54) is 0 Å². The second-order valence-electron chi connectivity index (χ2n) is 9.09.